The van der Waals surface area contributed by atoms with Gasteiger partial charge < -0.3 is 10.3 Å². The number of hydrogen-bond donors (Lipinski definition) is 2. The number of imidazole rings is 1. The number of thiophene rings is 1. The van der Waals surface area contributed by atoms with Crippen molar-refractivity contribution in [1.29, 1.82) is 0 Å². The lowest BCUT2D eigenvalue weighted by Crippen LogP contribution is -2.24. The van der Waals surface area contributed by atoms with Crippen LogP contribution in [-0.2, 0) is 13.0 Å². The maximum Gasteiger partial charge on any atom is 0.120 e. The summed E-state index contributed by atoms with van der Waals surface area (Å²) in [7, 11) is 0. The molecule has 0 fully saturated rings. The standard InChI is InChI=1S/C12H14IN3S/c13-11-6-8-9(2-1-3-10(8)17-11)16-7-12-14-4-5-15-12/h4-6,9,16H,1-3,7H2,(H,14,15). The summed E-state index contributed by atoms with van der Waals surface area (Å²) >= 11 is 4.36. The van der Waals surface area contributed by atoms with E-state index in [0.29, 0.717) is 6.04 Å². The Hall–Kier alpha value is -0.400. The first-order valence-corrected chi connectivity index (χ1v) is 7.72. The Labute approximate surface area is 118 Å². The Balaban J connectivity index is 1.72. The molecule has 0 bridgehead atoms. The van der Waals surface area contributed by atoms with Crippen LogP contribution in [0, 0.1) is 2.88 Å². The topological polar surface area (TPSA) is 40.7 Å². The largest absolute Gasteiger partial charge is 0.348 e. The van der Waals surface area contributed by atoms with Crippen LogP contribution in [0.1, 0.15) is 35.1 Å². The lowest BCUT2D eigenvalue weighted by atomic mass is 9.94. The van der Waals surface area contributed by atoms with E-state index in [0.717, 1.165) is 12.4 Å². The van der Waals surface area contributed by atoms with Crippen LogP contribution in [0.2, 0.25) is 0 Å². The van der Waals surface area contributed by atoms with Crippen molar-refractivity contribution in [2.24, 2.45) is 0 Å². The SMILES string of the molecule is Ic1cc2c(s1)CCCC2NCc1ncc[nH]1. The maximum absolute atomic E-state index is 4.24. The monoisotopic (exact) mass is 359 g/mol. The van der Waals surface area contributed by atoms with Crippen molar-refractivity contribution in [3.05, 3.63) is 37.6 Å². The molecular formula is C12H14IN3S. The molecule has 1 atom stereocenters. The van der Waals surface area contributed by atoms with Crippen molar-refractivity contribution < 1.29 is 0 Å². The molecule has 1 aliphatic carbocycles. The van der Waals surface area contributed by atoms with Crippen LogP contribution in [0.4, 0.5) is 0 Å². The van der Waals surface area contributed by atoms with E-state index in [-0.39, 0.29) is 0 Å². The third-order valence-corrected chi connectivity index (χ3v) is 5.13. The molecule has 0 aromatic carbocycles. The summed E-state index contributed by atoms with van der Waals surface area (Å²) in [6.07, 6.45) is 7.45. The third kappa shape index (κ3) is 2.56. The van der Waals surface area contributed by atoms with E-state index in [1.165, 1.54) is 27.7 Å². The molecular weight excluding hydrogens is 345 g/mol. The van der Waals surface area contributed by atoms with E-state index in [1.54, 1.807) is 11.1 Å². The van der Waals surface area contributed by atoms with Crippen LogP contribution in [0.5, 0.6) is 0 Å². The molecule has 2 aromatic heterocycles. The Kier molecular flexibility index (Phi) is 3.49. The first kappa shape index (κ1) is 11.7. The molecule has 17 heavy (non-hydrogen) atoms. The number of nitrogens with one attached hydrogen (secondary N) is 2. The van der Waals surface area contributed by atoms with Gasteiger partial charge in [0.2, 0.25) is 0 Å². The Bertz CT molecular complexity index is 492. The molecule has 0 radical (unpaired) electrons. The Morgan fingerprint density at radius 1 is 1.59 bits per heavy atom. The number of rotatable bonds is 3. The summed E-state index contributed by atoms with van der Waals surface area (Å²) in [5.74, 6) is 1.02. The fourth-order valence-corrected chi connectivity index (χ4v) is 4.47. The highest BCUT2D eigenvalue weighted by Gasteiger charge is 2.22. The number of halogens is 1. The van der Waals surface area contributed by atoms with E-state index in [1.807, 2.05) is 17.5 Å². The van der Waals surface area contributed by atoms with E-state index in [9.17, 15) is 0 Å². The van der Waals surface area contributed by atoms with Crippen molar-refractivity contribution in [3.63, 3.8) is 0 Å². The van der Waals surface area contributed by atoms with Crippen molar-refractivity contribution in [3.8, 4) is 0 Å². The van der Waals surface area contributed by atoms with Gasteiger partial charge in [0.25, 0.3) is 0 Å². The van der Waals surface area contributed by atoms with Crippen LogP contribution >= 0.6 is 33.9 Å². The number of aryl methyl sites for hydroxylation is 1. The second-order valence-electron chi connectivity index (χ2n) is 4.29. The minimum atomic E-state index is 0.503. The summed E-state index contributed by atoms with van der Waals surface area (Å²) in [6, 6.07) is 2.84. The molecule has 2 heterocycles. The number of fused-ring (bicyclic) bond motifs is 1. The molecule has 2 aromatic rings. The van der Waals surface area contributed by atoms with Gasteiger partial charge in [0.1, 0.15) is 5.82 Å². The van der Waals surface area contributed by atoms with E-state index in [2.05, 4.69) is 43.9 Å². The van der Waals surface area contributed by atoms with Gasteiger partial charge in [-0.05, 0) is 53.5 Å². The summed E-state index contributed by atoms with van der Waals surface area (Å²) < 4.78 is 1.40. The molecule has 1 unspecified atom stereocenters. The van der Waals surface area contributed by atoms with Crippen molar-refractivity contribution >= 4 is 33.9 Å². The van der Waals surface area contributed by atoms with Gasteiger partial charge in [-0.1, -0.05) is 0 Å². The lowest BCUT2D eigenvalue weighted by Gasteiger charge is -2.23. The average Bonchev–Trinajstić information content (AvgIpc) is 2.93. The summed E-state index contributed by atoms with van der Waals surface area (Å²) in [5, 5.41) is 3.60. The molecule has 0 spiro atoms. The first-order chi connectivity index (χ1) is 8.33. The summed E-state index contributed by atoms with van der Waals surface area (Å²) in [4.78, 5) is 8.95. The molecule has 3 rings (SSSR count). The van der Waals surface area contributed by atoms with Gasteiger partial charge in [-0.15, -0.1) is 11.3 Å². The van der Waals surface area contributed by atoms with Gasteiger partial charge in [0.05, 0.1) is 9.43 Å². The molecule has 90 valence electrons. The molecule has 2 N–H and O–H groups in total. The maximum atomic E-state index is 4.24. The Morgan fingerprint density at radius 3 is 3.35 bits per heavy atom. The highest BCUT2D eigenvalue weighted by atomic mass is 127. The van der Waals surface area contributed by atoms with Gasteiger partial charge in [-0.25, -0.2) is 4.98 Å². The van der Waals surface area contributed by atoms with Gasteiger partial charge >= 0.3 is 0 Å². The van der Waals surface area contributed by atoms with Gasteiger partial charge in [0.15, 0.2) is 0 Å². The molecule has 5 heteroatoms. The van der Waals surface area contributed by atoms with Gasteiger partial charge in [-0.3, -0.25) is 0 Å². The molecule has 0 amide bonds. The third-order valence-electron chi connectivity index (χ3n) is 3.15. The van der Waals surface area contributed by atoms with E-state index >= 15 is 0 Å². The fraction of sp³-hybridized carbons (Fsp3) is 0.417. The van der Waals surface area contributed by atoms with Crippen LogP contribution in [0.25, 0.3) is 0 Å². The minimum Gasteiger partial charge on any atom is -0.348 e. The second kappa shape index (κ2) is 5.07. The zero-order valence-corrected chi connectivity index (χ0v) is 12.3. The van der Waals surface area contributed by atoms with Crippen LogP contribution in [-0.4, -0.2) is 9.97 Å². The predicted molar refractivity (Wildman–Crippen MR) is 78.1 cm³/mol. The zero-order chi connectivity index (χ0) is 11.7. The number of aromatic nitrogens is 2. The van der Waals surface area contributed by atoms with Gasteiger partial charge in [-0.2, -0.15) is 0 Å². The van der Waals surface area contributed by atoms with E-state index in [4.69, 9.17) is 0 Å². The van der Waals surface area contributed by atoms with Crippen LogP contribution < -0.4 is 5.32 Å². The number of nitrogens with zero attached hydrogens (tertiary/aromatic N) is 1. The second-order valence-corrected chi connectivity index (χ2v) is 7.32. The molecule has 3 nitrogen and oxygen atoms in total. The number of hydrogen-bond acceptors (Lipinski definition) is 3. The smallest absolute Gasteiger partial charge is 0.120 e. The first-order valence-electron chi connectivity index (χ1n) is 5.82. The fourth-order valence-electron chi connectivity index (χ4n) is 2.35. The molecule has 0 saturated carbocycles. The van der Waals surface area contributed by atoms with Crippen molar-refractivity contribution in [2.45, 2.75) is 31.8 Å². The normalized spacial score (nSPS) is 19.2. The highest BCUT2D eigenvalue weighted by molar-refractivity contribution is 14.1. The quantitative estimate of drug-likeness (QED) is 0.827. The van der Waals surface area contributed by atoms with Crippen LogP contribution in [0.3, 0.4) is 0 Å². The number of H-pyrrole nitrogens is 1. The molecule has 0 saturated heterocycles. The minimum absolute atomic E-state index is 0.503. The van der Waals surface area contributed by atoms with E-state index < -0.39 is 0 Å². The van der Waals surface area contributed by atoms with Crippen molar-refractivity contribution in [1.82, 2.24) is 15.3 Å². The van der Waals surface area contributed by atoms with Crippen molar-refractivity contribution in [2.75, 3.05) is 0 Å². The molecule has 1 aliphatic rings. The molecule has 0 aliphatic heterocycles. The summed E-state index contributed by atoms with van der Waals surface area (Å²) in [5.41, 5.74) is 1.51. The number of aromatic amines is 1. The average molecular weight is 359 g/mol. The highest BCUT2D eigenvalue weighted by Crippen LogP contribution is 2.36. The van der Waals surface area contributed by atoms with Gasteiger partial charge in [0, 0.05) is 23.3 Å². The van der Waals surface area contributed by atoms with Crippen LogP contribution in [0.15, 0.2) is 18.5 Å². The zero-order valence-electron chi connectivity index (χ0n) is 9.37. The Morgan fingerprint density at radius 2 is 2.53 bits per heavy atom. The predicted octanol–water partition coefficient (Wildman–Crippen LogP) is 3.24. The summed E-state index contributed by atoms with van der Waals surface area (Å²) in [6.45, 7) is 0.823. The lowest BCUT2D eigenvalue weighted by molar-refractivity contribution is 0.457.